The SMILES string of the molecule is CC(C)Cn1c(=O)n(C)c(=O)c2c(-c3cncn3C)n(Cc3ccnc4ccc(Cl)cc34)nc21. The Kier molecular flexibility index (Phi) is 5.36. The van der Waals surface area contributed by atoms with Crippen molar-refractivity contribution in [3.8, 4) is 11.4 Å². The zero-order valence-electron chi connectivity index (χ0n) is 19.4. The summed E-state index contributed by atoms with van der Waals surface area (Å²) >= 11 is 6.27. The first kappa shape index (κ1) is 22.1. The molecular formula is C24H24ClN7O2. The van der Waals surface area contributed by atoms with Crippen molar-refractivity contribution in [1.82, 2.24) is 33.4 Å². The van der Waals surface area contributed by atoms with Gasteiger partial charge in [-0.3, -0.25) is 23.6 Å². The number of hydrogen-bond donors (Lipinski definition) is 0. The summed E-state index contributed by atoms with van der Waals surface area (Å²) in [4.78, 5) is 35.1. The number of aromatic nitrogens is 7. The maximum Gasteiger partial charge on any atom is 0.332 e. The molecule has 4 heterocycles. The van der Waals surface area contributed by atoms with Crippen LogP contribution in [0.5, 0.6) is 0 Å². The van der Waals surface area contributed by atoms with Gasteiger partial charge in [-0.25, -0.2) is 9.78 Å². The number of hydrogen-bond acceptors (Lipinski definition) is 5. The summed E-state index contributed by atoms with van der Waals surface area (Å²) in [5, 5.41) is 6.72. The van der Waals surface area contributed by atoms with Crippen LogP contribution in [-0.2, 0) is 27.2 Å². The predicted molar refractivity (Wildman–Crippen MR) is 132 cm³/mol. The highest BCUT2D eigenvalue weighted by atomic mass is 35.5. The summed E-state index contributed by atoms with van der Waals surface area (Å²) in [6.45, 7) is 4.84. The van der Waals surface area contributed by atoms with Crippen LogP contribution in [0.3, 0.4) is 0 Å². The van der Waals surface area contributed by atoms with Gasteiger partial charge in [-0.2, -0.15) is 5.10 Å². The van der Waals surface area contributed by atoms with Gasteiger partial charge in [-0.15, -0.1) is 0 Å². The summed E-state index contributed by atoms with van der Waals surface area (Å²) in [6.07, 6.45) is 5.12. The molecule has 0 spiro atoms. The highest BCUT2D eigenvalue weighted by Crippen LogP contribution is 2.28. The molecule has 1 aromatic carbocycles. The molecule has 0 aliphatic carbocycles. The van der Waals surface area contributed by atoms with Gasteiger partial charge < -0.3 is 4.57 Å². The van der Waals surface area contributed by atoms with Crippen molar-refractivity contribution in [2.24, 2.45) is 20.0 Å². The molecule has 9 nitrogen and oxygen atoms in total. The Labute approximate surface area is 199 Å². The van der Waals surface area contributed by atoms with E-state index in [9.17, 15) is 9.59 Å². The van der Waals surface area contributed by atoms with Crippen LogP contribution in [0.4, 0.5) is 0 Å². The van der Waals surface area contributed by atoms with E-state index in [4.69, 9.17) is 16.7 Å². The van der Waals surface area contributed by atoms with E-state index < -0.39 is 0 Å². The van der Waals surface area contributed by atoms with Gasteiger partial charge >= 0.3 is 5.69 Å². The van der Waals surface area contributed by atoms with Crippen LogP contribution >= 0.6 is 11.6 Å². The van der Waals surface area contributed by atoms with Gasteiger partial charge in [-0.1, -0.05) is 25.4 Å². The van der Waals surface area contributed by atoms with Crippen LogP contribution in [0.25, 0.3) is 33.3 Å². The smallest absolute Gasteiger partial charge is 0.332 e. The Morgan fingerprint density at radius 2 is 1.91 bits per heavy atom. The quantitative estimate of drug-likeness (QED) is 0.387. The number of fused-ring (bicyclic) bond motifs is 2. The first-order valence-electron chi connectivity index (χ1n) is 11.0. The molecule has 34 heavy (non-hydrogen) atoms. The molecule has 0 fully saturated rings. The second-order valence-corrected chi connectivity index (χ2v) is 9.31. The summed E-state index contributed by atoms with van der Waals surface area (Å²) in [5.74, 6) is 0.190. The van der Waals surface area contributed by atoms with Gasteiger partial charge in [0, 0.05) is 37.2 Å². The van der Waals surface area contributed by atoms with Gasteiger partial charge in [0.1, 0.15) is 11.1 Å². The van der Waals surface area contributed by atoms with Crippen molar-refractivity contribution in [1.29, 1.82) is 0 Å². The van der Waals surface area contributed by atoms with E-state index in [1.807, 2.05) is 43.7 Å². The molecule has 0 aliphatic heterocycles. The second kappa shape index (κ2) is 8.25. The summed E-state index contributed by atoms with van der Waals surface area (Å²) in [6, 6.07) is 7.47. The van der Waals surface area contributed by atoms with Crippen molar-refractivity contribution in [3.63, 3.8) is 0 Å². The molecule has 0 atom stereocenters. The molecule has 0 amide bonds. The molecular weight excluding hydrogens is 454 g/mol. The standard InChI is InChI=1S/C24H24ClN7O2/c1-14(2)11-31-22-20(23(33)30(4)24(31)34)21(19-10-26-13-29(19)3)32(28-22)12-15-7-8-27-18-6-5-16(25)9-17(15)18/h5-10,13-14H,11-12H2,1-4H3. The van der Waals surface area contributed by atoms with Gasteiger partial charge in [0.05, 0.1) is 30.3 Å². The number of aryl methyl sites for hydroxylation is 1. The fourth-order valence-corrected chi connectivity index (χ4v) is 4.50. The highest BCUT2D eigenvalue weighted by Gasteiger charge is 2.24. The normalized spacial score (nSPS) is 11.8. The Bertz CT molecular complexity index is 1670. The minimum atomic E-state index is -0.384. The predicted octanol–water partition coefficient (Wildman–Crippen LogP) is 3.20. The Morgan fingerprint density at radius 3 is 2.62 bits per heavy atom. The van der Waals surface area contributed by atoms with E-state index >= 15 is 0 Å². The van der Waals surface area contributed by atoms with Crippen LogP contribution in [0.15, 0.2) is 52.6 Å². The zero-order chi connectivity index (χ0) is 24.1. The number of rotatable bonds is 5. The lowest BCUT2D eigenvalue weighted by Gasteiger charge is -2.11. The third-order valence-corrected chi connectivity index (χ3v) is 6.18. The Morgan fingerprint density at radius 1 is 1.12 bits per heavy atom. The molecule has 0 saturated carbocycles. The molecule has 0 N–H and O–H groups in total. The monoisotopic (exact) mass is 477 g/mol. The molecule has 5 aromatic rings. The molecule has 10 heteroatoms. The zero-order valence-corrected chi connectivity index (χ0v) is 20.1. The lowest BCUT2D eigenvalue weighted by atomic mass is 10.1. The van der Waals surface area contributed by atoms with E-state index in [1.54, 1.807) is 34.0 Å². The van der Waals surface area contributed by atoms with Crippen LogP contribution < -0.4 is 11.2 Å². The minimum absolute atomic E-state index is 0.190. The average molecular weight is 478 g/mol. The fraction of sp³-hybridized carbons (Fsp3) is 0.292. The fourth-order valence-electron chi connectivity index (χ4n) is 4.33. The summed E-state index contributed by atoms with van der Waals surface area (Å²) in [7, 11) is 3.37. The maximum absolute atomic E-state index is 13.4. The van der Waals surface area contributed by atoms with Crippen molar-refractivity contribution in [3.05, 3.63) is 74.4 Å². The molecule has 5 rings (SSSR count). The van der Waals surface area contributed by atoms with Crippen molar-refractivity contribution in [2.45, 2.75) is 26.9 Å². The summed E-state index contributed by atoms with van der Waals surface area (Å²) in [5.41, 5.74) is 2.70. The minimum Gasteiger partial charge on any atom is -0.332 e. The molecule has 0 unspecified atom stereocenters. The van der Waals surface area contributed by atoms with Crippen molar-refractivity contribution in [2.75, 3.05) is 0 Å². The van der Waals surface area contributed by atoms with E-state index in [-0.39, 0.29) is 17.2 Å². The second-order valence-electron chi connectivity index (χ2n) is 8.88. The molecule has 0 radical (unpaired) electrons. The number of halogens is 1. The lowest BCUT2D eigenvalue weighted by molar-refractivity contribution is 0.498. The van der Waals surface area contributed by atoms with Gasteiger partial charge in [-0.05, 0) is 35.7 Å². The first-order valence-corrected chi connectivity index (χ1v) is 11.3. The first-order chi connectivity index (χ1) is 16.3. The topological polar surface area (TPSA) is 92.5 Å². The van der Waals surface area contributed by atoms with Crippen LogP contribution in [0, 0.1) is 5.92 Å². The molecule has 0 saturated heterocycles. The van der Waals surface area contributed by atoms with Crippen molar-refractivity contribution < 1.29 is 0 Å². The summed E-state index contributed by atoms with van der Waals surface area (Å²) < 4.78 is 6.35. The van der Waals surface area contributed by atoms with Crippen LogP contribution in [-0.4, -0.2) is 33.4 Å². The van der Waals surface area contributed by atoms with Crippen molar-refractivity contribution >= 4 is 33.5 Å². The van der Waals surface area contributed by atoms with Gasteiger partial charge in [0.25, 0.3) is 5.56 Å². The maximum atomic E-state index is 13.4. The number of imidazole rings is 1. The Balaban J connectivity index is 1.85. The highest BCUT2D eigenvalue weighted by molar-refractivity contribution is 6.31. The van der Waals surface area contributed by atoms with Crippen LogP contribution in [0.2, 0.25) is 5.02 Å². The average Bonchev–Trinajstić information content (AvgIpc) is 3.38. The van der Waals surface area contributed by atoms with E-state index in [2.05, 4.69) is 9.97 Å². The van der Waals surface area contributed by atoms with E-state index in [0.29, 0.717) is 34.8 Å². The third kappa shape index (κ3) is 3.52. The van der Waals surface area contributed by atoms with E-state index in [0.717, 1.165) is 26.7 Å². The lowest BCUT2D eigenvalue weighted by Crippen LogP contribution is -2.38. The largest absolute Gasteiger partial charge is 0.332 e. The van der Waals surface area contributed by atoms with Gasteiger partial charge in [0.15, 0.2) is 5.65 Å². The molecule has 174 valence electrons. The van der Waals surface area contributed by atoms with Gasteiger partial charge in [0.2, 0.25) is 0 Å². The van der Waals surface area contributed by atoms with Crippen LogP contribution in [0.1, 0.15) is 19.4 Å². The molecule has 0 bridgehead atoms. The molecule has 4 aromatic heterocycles. The number of benzene rings is 1. The molecule has 0 aliphatic rings. The van der Waals surface area contributed by atoms with E-state index in [1.165, 1.54) is 7.05 Å². The number of nitrogens with zero attached hydrogens (tertiary/aromatic N) is 7. The number of pyridine rings is 1. The third-order valence-electron chi connectivity index (χ3n) is 5.95. The Hall–Kier alpha value is -3.72.